The predicted octanol–water partition coefficient (Wildman–Crippen LogP) is 3.25. The molecule has 1 saturated heterocycles. The Labute approximate surface area is 167 Å². The fourth-order valence-corrected chi connectivity index (χ4v) is 4.30. The molecular formula is C23H31N2OS+. The van der Waals surface area contributed by atoms with Crippen LogP contribution in [-0.2, 0) is 17.9 Å². The molecule has 0 aliphatic carbocycles. The molecule has 1 fully saturated rings. The molecule has 1 N–H and O–H groups in total. The van der Waals surface area contributed by atoms with Gasteiger partial charge in [-0.3, -0.25) is 4.79 Å². The number of nitrogens with zero attached hydrogens (tertiary/aromatic N) is 1. The van der Waals surface area contributed by atoms with Crippen LogP contribution in [0.5, 0.6) is 0 Å². The van der Waals surface area contributed by atoms with Gasteiger partial charge in [-0.2, -0.15) is 0 Å². The van der Waals surface area contributed by atoms with Crippen LogP contribution >= 0.6 is 11.8 Å². The number of nitrogens with one attached hydrogen (secondary N) is 1. The van der Waals surface area contributed by atoms with Gasteiger partial charge in [0.25, 0.3) is 0 Å². The molecule has 0 aromatic heterocycles. The Hall–Kier alpha value is -1.78. The minimum atomic E-state index is 0.191. The summed E-state index contributed by atoms with van der Waals surface area (Å²) < 4.78 is 0. The number of hydrogen-bond donors (Lipinski definition) is 1. The second-order valence-electron chi connectivity index (χ2n) is 7.39. The number of hydrogen-bond acceptors (Lipinski definition) is 2. The molecule has 2 aromatic carbocycles. The maximum atomic E-state index is 13.0. The molecule has 1 aliphatic heterocycles. The van der Waals surface area contributed by atoms with Crippen LogP contribution in [0, 0.1) is 5.92 Å². The predicted molar refractivity (Wildman–Crippen MR) is 113 cm³/mol. The number of carbonyl (C=O) groups excluding carboxylic acids is 1. The van der Waals surface area contributed by atoms with Crippen molar-refractivity contribution in [3.05, 3.63) is 65.7 Å². The van der Waals surface area contributed by atoms with Crippen LogP contribution in [-0.4, -0.2) is 36.7 Å². The highest BCUT2D eigenvalue weighted by molar-refractivity contribution is 7.98. The van der Waals surface area contributed by atoms with E-state index >= 15 is 0 Å². The van der Waals surface area contributed by atoms with Gasteiger partial charge in [-0.1, -0.05) is 42.5 Å². The fraction of sp³-hybridized carbons (Fsp3) is 0.435. The van der Waals surface area contributed by atoms with E-state index < -0.39 is 0 Å². The van der Waals surface area contributed by atoms with Crippen molar-refractivity contribution in [2.45, 2.75) is 37.8 Å². The number of carbonyl (C=O) groups is 1. The molecule has 1 aliphatic rings. The monoisotopic (exact) mass is 383 g/mol. The van der Waals surface area contributed by atoms with Crippen molar-refractivity contribution in [2.24, 2.45) is 5.92 Å². The summed E-state index contributed by atoms with van der Waals surface area (Å²) in [4.78, 5) is 17.9. The Morgan fingerprint density at radius 1 is 1.04 bits per heavy atom. The molecular weight excluding hydrogens is 352 g/mol. The number of quaternary nitrogens is 1. The fourth-order valence-electron chi connectivity index (χ4n) is 3.89. The van der Waals surface area contributed by atoms with Crippen molar-refractivity contribution in [3.8, 4) is 0 Å². The zero-order valence-electron chi connectivity index (χ0n) is 16.5. The Bertz CT molecular complexity index is 709. The van der Waals surface area contributed by atoms with E-state index in [1.54, 1.807) is 16.7 Å². The Balaban J connectivity index is 1.50. The molecule has 1 amide bonds. The van der Waals surface area contributed by atoms with E-state index in [1.807, 2.05) is 23.1 Å². The van der Waals surface area contributed by atoms with Gasteiger partial charge < -0.3 is 9.80 Å². The Morgan fingerprint density at radius 2 is 1.70 bits per heavy atom. The van der Waals surface area contributed by atoms with E-state index in [1.165, 1.54) is 16.0 Å². The molecule has 3 nitrogen and oxygen atoms in total. The average molecular weight is 384 g/mol. The summed E-state index contributed by atoms with van der Waals surface area (Å²) in [5, 5.41) is 0. The van der Waals surface area contributed by atoms with E-state index in [0.717, 1.165) is 45.6 Å². The summed E-state index contributed by atoms with van der Waals surface area (Å²) in [6.45, 7) is 6.83. The normalized spacial score (nSPS) is 19.6. The third kappa shape index (κ3) is 5.60. The zero-order chi connectivity index (χ0) is 19.1. The summed E-state index contributed by atoms with van der Waals surface area (Å²) >= 11 is 1.78. The Kier molecular flexibility index (Phi) is 7.36. The van der Waals surface area contributed by atoms with E-state index in [0.29, 0.717) is 5.91 Å². The van der Waals surface area contributed by atoms with Crippen molar-refractivity contribution in [2.75, 3.05) is 25.9 Å². The SMILES string of the molecule is CCN(Cc1ccccc1)C(=O)C1CC[NH+](Cc2ccc(SC)cc2)CC1. The number of thioether (sulfide) groups is 1. The highest BCUT2D eigenvalue weighted by Crippen LogP contribution is 2.17. The first kappa shape index (κ1) is 20.0. The van der Waals surface area contributed by atoms with E-state index in [9.17, 15) is 4.79 Å². The molecule has 0 radical (unpaired) electrons. The summed E-state index contributed by atoms with van der Waals surface area (Å²) in [7, 11) is 0. The van der Waals surface area contributed by atoms with Crippen LogP contribution in [0.1, 0.15) is 30.9 Å². The van der Waals surface area contributed by atoms with Gasteiger partial charge >= 0.3 is 0 Å². The van der Waals surface area contributed by atoms with Gasteiger partial charge in [0.15, 0.2) is 0 Å². The van der Waals surface area contributed by atoms with Crippen molar-refractivity contribution >= 4 is 17.7 Å². The first-order valence-electron chi connectivity index (χ1n) is 9.98. The Morgan fingerprint density at radius 3 is 2.30 bits per heavy atom. The lowest BCUT2D eigenvalue weighted by Crippen LogP contribution is -3.11. The second kappa shape index (κ2) is 9.95. The number of piperidine rings is 1. The standard InChI is InChI=1S/C23H30N2OS/c1-3-25(18-19-7-5-4-6-8-19)23(26)21-13-15-24(16-14-21)17-20-9-11-22(27-2)12-10-20/h4-12,21H,3,13-18H2,1-2H3/p+1. The molecule has 144 valence electrons. The van der Waals surface area contributed by atoms with Gasteiger partial charge in [0.05, 0.1) is 13.1 Å². The molecule has 0 saturated carbocycles. The third-order valence-electron chi connectivity index (χ3n) is 5.56. The van der Waals surface area contributed by atoms with Gasteiger partial charge in [0.2, 0.25) is 5.91 Å². The first-order chi connectivity index (χ1) is 13.2. The maximum Gasteiger partial charge on any atom is 0.226 e. The summed E-state index contributed by atoms with van der Waals surface area (Å²) in [6.07, 6.45) is 4.12. The van der Waals surface area contributed by atoms with Crippen molar-refractivity contribution < 1.29 is 9.69 Å². The van der Waals surface area contributed by atoms with Gasteiger partial charge in [-0.05, 0) is 30.9 Å². The lowest BCUT2D eigenvalue weighted by atomic mass is 9.94. The molecule has 0 atom stereocenters. The number of benzene rings is 2. The minimum Gasteiger partial charge on any atom is -0.338 e. The first-order valence-corrected chi connectivity index (χ1v) is 11.2. The zero-order valence-corrected chi connectivity index (χ0v) is 17.3. The number of likely N-dealkylation sites (tertiary alicyclic amines) is 1. The maximum absolute atomic E-state index is 13.0. The van der Waals surface area contributed by atoms with Crippen LogP contribution in [0.15, 0.2) is 59.5 Å². The molecule has 2 aromatic rings. The van der Waals surface area contributed by atoms with E-state index in [2.05, 4.69) is 49.6 Å². The average Bonchev–Trinajstić information content (AvgIpc) is 2.73. The van der Waals surface area contributed by atoms with Crippen molar-refractivity contribution in [1.82, 2.24) is 4.90 Å². The van der Waals surface area contributed by atoms with Crippen molar-refractivity contribution in [1.29, 1.82) is 0 Å². The van der Waals surface area contributed by atoms with E-state index in [-0.39, 0.29) is 5.92 Å². The summed E-state index contributed by atoms with van der Waals surface area (Å²) in [6, 6.07) is 19.2. The van der Waals surface area contributed by atoms with Gasteiger partial charge in [0, 0.05) is 42.3 Å². The largest absolute Gasteiger partial charge is 0.338 e. The van der Waals surface area contributed by atoms with Crippen LogP contribution in [0.4, 0.5) is 0 Å². The molecule has 4 heteroatoms. The molecule has 0 unspecified atom stereocenters. The smallest absolute Gasteiger partial charge is 0.226 e. The van der Waals surface area contributed by atoms with Gasteiger partial charge in [-0.25, -0.2) is 0 Å². The number of rotatable bonds is 7. The molecule has 0 spiro atoms. The molecule has 3 rings (SSSR count). The van der Waals surface area contributed by atoms with Crippen molar-refractivity contribution in [3.63, 3.8) is 0 Å². The summed E-state index contributed by atoms with van der Waals surface area (Å²) in [5.41, 5.74) is 2.61. The second-order valence-corrected chi connectivity index (χ2v) is 8.27. The quantitative estimate of drug-likeness (QED) is 0.743. The number of amides is 1. The van der Waals surface area contributed by atoms with E-state index in [4.69, 9.17) is 0 Å². The third-order valence-corrected chi connectivity index (χ3v) is 6.31. The lowest BCUT2D eigenvalue weighted by Gasteiger charge is -2.32. The molecule has 1 heterocycles. The highest BCUT2D eigenvalue weighted by atomic mass is 32.2. The van der Waals surface area contributed by atoms with Gasteiger partial charge in [-0.15, -0.1) is 11.8 Å². The van der Waals surface area contributed by atoms with Gasteiger partial charge in [0.1, 0.15) is 6.54 Å². The minimum absolute atomic E-state index is 0.191. The highest BCUT2D eigenvalue weighted by Gasteiger charge is 2.30. The van der Waals surface area contributed by atoms with Crippen LogP contribution in [0.3, 0.4) is 0 Å². The van der Waals surface area contributed by atoms with Crippen LogP contribution in [0.25, 0.3) is 0 Å². The van der Waals surface area contributed by atoms with Crippen LogP contribution in [0.2, 0.25) is 0 Å². The van der Waals surface area contributed by atoms with Crippen LogP contribution < -0.4 is 4.90 Å². The topological polar surface area (TPSA) is 24.8 Å². The molecule has 27 heavy (non-hydrogen) atoms. The molecule has 0 bridgehead atoms. The summed E-state index contributed by atoms with van der Waals surface area (Å²) in [5.74, 6) is 0.529. The lowest BCUT2D eigenvalue weighted by molar-refractivity contribution is -0.919.